The molecule has 0 bridgehead atoms. The number of nitrogens with one attached hydrogen (secondary N) is 1. The summed E-state index contributed by atoms with van der Waals surface area (Å²) in [6.45, 7) is 0.0339. The van der Waals surface area contributed by atoms with Crippen LogP contribution in [0.4, 0.5) is 13.2 Å². The normalized spacial score (nSPS) is 11.5. The third-order valence-corrected chi connectivity index (χ3v) is 3.21. The van der Waals surface area contributed by atoms with Crippen LogP contribution in [0.3, 0.4) is 0 Å². The van der Waals surface area contributed by atoms with E-state index < -0.39 is 23.2 Å². The van der Waals surface area contributed by atoms with Gasteiger partial charge in [-0.1, -0.05) is 15.9 Å². The molecule has 112 valence electrons. The summed E-state index contributed by atoms with van der Waals surface area (Å²) in [6.07, 6.45) is -3.35. The van der Waals surface area contributed by atoms with Crippen molar-refractivity contribution >= 4 is 21.8 Å². The van der Waals surface area contributed by atoms with Gasteiger partial charge >= 0.3 is 6.18 Å². The molecule has 0 spiro atoms. The highest BCUT2D eigenvalue weighted by Gasteiger charge is 2.36. The van der Waals surface area contributed by atoms with Crippen molar-refractivity contribution in [2.75, 3.05) is 7.05 Å². The molecule has 1 heterocycles. The highest BCUT2D eigenvalue weighted by Crippen LogP contribution is 2.34. The predicted octanol–water partition coefficient (Wildman–Crippen LogP) is 2.86. The zero-order chi connectivity index (χ0) is 15.6. The number of aromatic nitrogens is 3. The number of hydrogen-bond acceptors (Lipinski definition) is 3. The van der Waals surface area contributed by atoms with Gasteiger partial charge in [-0.2, -0.15) is 18.3 Å². The Labute approximate surface area is 126 Å². The summed E-state index contributed by atoms with van der Waals surface area (Å²) in [5.41, 5.74) is -1.39. The molecule has 5 nitrogen and oxygen atoms in total. The highest BCUT2D eigenvalue weighted by atomic mass is 79.9. The van der Waals surface area contributed by atoms with Crippen molar-refractivity contribution in [2.24, 2.45) is 0 Å². The Hall–Kier alpha value is -1.90. The van der Waals surface area contributed by atoms with Crippen molar-refractivity contribution in [3.63, 3.8) is 0 Å². The molecular weight excluding hydrogens is 353 g/mol. The topological polar surface area (TPSA) is 61.9 Å². The van der Waals surface area contributed by atoms with E-state index >= 15 is 0 Å². The largest absolute Gasteiger partial charge is 0.417 e. The molecule has 1 aromatic heterocycles. The van der Waals surface area contributed by atoms with Crippen LogP contribution in [0.15, 0.2) is 29.0 Å². The fraction of sp³-hybridized carbons (Fsp3) is 0.250. The molecule has 0 aliphatic rings. The van der Waals surface area contributed by atoms with Gasteiger partial charge in [0.25, 0.3) is 5.91 Å². The summed E-state index contributed by atoms with van der Waals surface area (Å²) in [5, 5.41) is 6.16. The number of carbonyl (C=O) groups is 1. The molecule has 0 atom stereocenters. The number of rotatable bonds is 3. The molecule has 0 aliphatic heterocycles. The minimum Gasteiger partial charge on any atom is -0.334 e. The SMILES string of the molecule is CN(Cc1ncn[nH]1)C(=O)c1ccc(Br)cc1C(F)(F)F. The maximum atomic E-state index is 13.0. The molecule has 0 aliphatic carbocycles. The average molecular weight is 363 g/mol. The van der Waals surface area contributed by atoms with Crippen molar-refractivity contribution in [2.45, 2.75) is 12.7 Å². The van der Waals surface area contributed by atoms with Crippen LogP contribution in [0.2, 0.25) is 0 Å². The fourth-order valence-corrected chi connectivity index (χ4v) is 2.11. The van der Waals surface area contributed by atoms with E-state index in [4.69, 9.17) is 0 Å². The number of benzene rings is 1. The first-order valence-corrected chi connectivity index (χ1v) is 6.55. The first-order valence-electron chi connectivity index (χ1n) is 5.75. The Bertz CT molecular complexity index is 642. The van der Waals surface area contributed by atoms with E-state index in [0.29, 0.717) is 5.82 Å². The highest BCUT2D eigenvalue weighted by molar-refractivity contribution is 9.10. The van der Waals surface area contributed by atoms with Gasteiger partial charge in [0.15, 0.2) is 0 Å². The van der Waals surface area contributed by atoms with E-state index in [0.717, 1.165) is 17.0 Å². The van der Waals surface area contributed by atoms with Crippen LogP contribution in [0, 0.1) is 0 Å². The smallest absolute Gasteiger partial charge is 0.334 e. The number of alkyl halides is 3. The lowest BCUT2D eigenvalue weighted by atomic mass is 10.1. The summed E-state index contributed by atoms with van der Waals surface area (Å²) in [5.74, 6) is -0.359. The van der Waals surface area contributed by atoms with Crippen LogP contribution >= 0.6 is 15.9 Å². The lowest BCUT2D eigenvalue weighted by molar-refractivity contribution is -0.138. The van der Waals surface area contributed by atoms with Gasteiger partial charge in [-0.05, 0) is 18.2 Å². The number of H-pyrrole nitrogens is 1. The Morgan fingerprint density at radius 1 is 1.43 bits per heavy atom. The Morgan fingerprint density at radius 3 is 2.71 bits per heavy atom. The van der Waals surface area contributed by atoms with Crippen molar-refractivity contribution < 1.29 is 18.0 Å². The van der Waals surface area contributed by atoms with E-state index in [9.17, 15) is 18.0 Å². The summed E-state index contributed by atoms with van der Waals surface area (Å²) >= 11 is 2.98. The zero-order valence-corrected chi connectivity index (χ0v) is 12.4. The van der Waals surface area contributed by atoms with Gasteiger partial charge in [0.2, 0.25) is 0 Å². The maximum absolute atomic E-state index is 13.0. The van der Waals surface area contributed by atoms with Crippen molar-refractivity contribution in [1.82, 2.24) is 20.1 Å². The van der Waals surface area contributed by atoms with Crippen molar-refractivity contribution in [1.29, 1.82) is 0 Å². The number of nitrogens with zero attached hydrogens (tertiary/aromatic N) is 3. The summed E-state index contributed by atoms with van der Waals surface area (Å²) in [6, 6.07) is 3.42. The molecule has 0 saturated carbocycles. The molecule has 0 unspecified atom stereocenters. The zero-order valence-electron chi connectivity index (χ0n) is 10.8. The van der Waals surface area contributed by atoms with Gasteiger partial charge < -0.3 is 4.90 Å². The molecule has 21 heavy (non-hydrogen) atoms. The van der Waals surface area contributed by atoms with Crippen molar-refractivity contribution in [3.8, 4) is 0 Å². The van der Waals surface area contributed by atoms with Crippen molar-refractivity contribution in [3.05, 3.63) is 46.0 Å². The van der Waals surface area contributed by atoms with Crippen LogP contribution < -0.4 is 0 Å². The maximum Gasteiger partial charge on any atom is 0.417 e. The number of hydrogen-bond donors (Lipinski definition) is 1. The predicted molar refractivity (Wildman–Crippen MR) is 71.3 cm³/mol. The van der Waals surface area contributed by atoms with E-state index in [1.54, 1.807) is 0 Å². The molecule has 1 aromatic carbocycles. The van der Waals surface area contributed by atoms with Crippen LogP contribution in [-0.4, -0.2) is 33.0 Å². The Morgan fingerprint density at radius 2 is 2.14 bits per heavy atom. The van der Waals surface area contributed by atoms with Crippen LogP contribution in [0.1, 0.15) is 21.7 Å². The second-order valence-corrected chi connectivity index (χ2v) is 5.20. The first kappa shape index (κ1) is 15.5. The average Bonchev–Trinajstić information content (AvgIpc) is 2.89. The number of halogens is 4. The van der Waals surface area contributed by atoms with Crippen LogP contribution in [-0.2, 0) is 12.7 Å². The molecule has 1 amide bonds. The Balaban J connectivity index is 2.30. The minimum atomic E-state index is -4.61. The summed E-state index contributed by atoms with van der Waals surface area (Å²) in [4.78, 5) is 17.2. The Kier molecular flexibility index (Phi) is 4.31. The molecule has 2 aromatic rings. The van der Waals surface area contributed by atoms with Crippen LogP contribution in [0.25, 0.3) is 0 Å². The summed E-state index contributed by atoms with van der Waals surface area (Å²) < 4.78 is 39.3. The molecular formula is C12H10BrF3N4O. The third-order valence-electron chi connectivity index (χ3n) is 2.72. The molecule has 0 radical (unpaired) electrons. The lowest BCUT2D eigenvalue weighted by Gasteiger charge is -2.19. The third kappa shape index (κ3) is 3.60. The standard InChI is InChI=1S/C12H10BrF3N4O/c1-20(5-10-17-6-18-19-10)11(21)8-3-2-7(13)4-9(8)12(14,15)16/h2-4,6H,5H2,1H3,(H,17,18,19). The number of aromatic amines is 1. The van der Waals surface area contributed by atoms with E-state index in [1.807, 2.05) is 0 Å². The van der Waals surface area contributed by atoms with Gasteiger partial charge in [-0.15, -0.1) is 0 Å². The van der Waals surface area contributed by atoms with E-state index in [-0.39, 0.29) is 11.0 Å². The monoisotopic (exact) mass is 362 g/mol. The van der Waals surface area contributed by atoms with Gasteiger partial charge in [0.1, 0.15) is 12.2 Å². The number of carbonyl (C=O) groups excluding carboxylic acids is 1. The van der Waals surface area contributed by atoms with E-state index in [2.05, 4.69) is 31.1 Å². The fourth-order valence-electron chi connectivity index (χ4n) is 1.75. The first-order chi connectivity index (χ1) is 9.79. The molecule has 2 rings (SSSR count). The minimum absolute atomic E-state index is 0.0339. The molecule has 1 N–H and O–H groups in total. The second-order valence-electron chi connectivity index (χ2n) is 4.28. The number of amides is 1. The van der Waals surface area contributed by atoms with Crippen LogP contribution in [0.5, 0.6) is 0 Å². The van der Waals surface area contributed by atoms with Gasteiger partial charge in [0.05, 0.1) is 17.7 Å². The quantitative estimate of drug-likeness (QED) is 0.912. The van der Waals surface area contributed by atoms with Gasteiger partial charge in [0, 0.05) is 11.5 Å². The second kappa shape index (κ2) is 5.84. The molecule has 9 heteroatoms. The van der Waals surface area contributed by atoms with Gasteiger partial charge in [-0.3, -0.25) is 9.89 Å². The lowest BCUT2D eigenvalue weighted by Crippen LogP contribution is -2.29. The molecule has 0 saturated heterocycles. The molecule has 0 fully saturated rings. The van der Waals surface area contributed by atoms with E-state index in [1.165, 1.54) is 19.4 Å². The summed E-state index contributed by atoms with van der Waals surface area (Å²) in [7, 11) is 1.40. The van der Waals surface area contributed by atoms with Gasteiger partial charge in [-0.25, -0.2) is 4.98 Å².